The molecule has 0 aliphatic heterocycles. The van der Waals surface area contributed by atoms with E-state index < -0.39 is 13.9 Å². The van der Waals surface area contributed by atoms with Crippen molar-refractivity contribution in [3.8, 4) is 11.5 Å². The molecule has 0 aromatic heterocycles. The van der Waals surface area contributed by atoms with Crippen LogP contribution in [0.1, 0.15) is 54.2 Å². The number of benzene rings is 6. The maximum Gasteiger partial charge on any atom is 0.192 e. The lowest BCUT2D eigenvalue weighted by molar-refractivity contribution is 0.0746. The Labute approximate surface area is 349 Å². The number of methoxy groups -OCH3 is 2. The predicted molar refractivity (Wildman–Crippen MR) is 243 cm³/mol. The summed E-state index contributed by atoms with van der Waals surface area (Å²) in [5, 5.41) is 4.38. The summed E-state index contributed by atoms with van der Waals surface area (Å²) in [6.07, 6.45) is 1.64. The molecule has 0 radical (unpaired) electrons. The second kappa shape index (κ2) is 19.6. The van der Waals surface area contributed by atoms with Crippen molar-refractivity contribution in [3.05, 3.63) is 203 Å². The van der Waals surface area contributed by atoms with Gasteiger partial charge < -0.3 is 13.9 Å². The Morgan fingerprint density at radius 2 is 0.914 bits per heavy atom. The van der Waals surface area contributed by atoms with E-state index in [1.165, 1.54) is 33.4 Å². The van der Waals surface area contributed by atoms with Crippen molar-refractivity contribution >= 4 is 8.32 Å². The maximum atomic E-state index is 7.21. The Balaban J connectivity index is 1.51. The van der Waals surface area contributed by atoms with Gasteiger partial charge in [-0.2, -0.15) is 0 Å². The minimum absolute atomic E-state index is 0.0513. The first kappa shape index (κ1) is 42.6. The summed E-state index contributed by atoms with van der Waals surface area (Å²) in [6, 6.07) is 61.0. The smallest absolute Gasteiger partial charge is 0.192 e. The van der Waals surface area contributed by atoms with Crippen LogP contribution >= 0.6 is 0 Å². The van der Waals surface area contributed by atoms with Crippen molar-refractivity contribution in [2.75, 3.05) is 27.4 Å². The van der Waals surface area contributed by atoms with Crippen LogP contribution in [0, 0.1) is 0 Å². The largest absolute Gasteiger partial charge is 0.497 e. The van der Waals surface area contributed by atoms with Gasteiger partial charge in [-0.25, -0.2) is 0 Å². The highest BCUT2D eigenvalue weighted by atomic mass is 28.4. The van der Waals surface area contributed by atoms with Gasteiger partial charge in [-0.05, 0) is 88.6 Å². The molecule has 0 amide bonds. The van der Waals surface area contributed by atoms with Crippen molar-refractivity contribution in [2.45, 2.75) is 75.9 Å². The molecule has 58 heavy (non-hydrogen) atoms. The molecule has 2 atom stereocenters. The first-order chi connectivity index (χ1) is 28.0. The third-order valence-corrected chi connectivity index (χ3v) is 16.6. The summed E-state index contributed by atoms with van der Waals surface area (Å²) in [5.74, 6) is 1.72. The topological polar surface area (TPSA) is 43.0 Å². The minimum Gasteiger partial charge on any atom is -0.497 e. The second-order valence-corrected chi connectivity index (χ2v) is 21.7. The lowest BCUT2D eigenvalue weighted by atomic mass is 9.76. The molecule has 5 nitrogen and oxygen atoms in total. The van der Waals surface area contributed by atoms with E-state index in [1.54, 1.807) is 14.2 Å². The lowest BCUT2D eigenvalue weighted by Gasteiger charge is -2.44. The molecule has 0 unspecified atom stereocenters. The molecule has 0 aliphatic carbocycles. The number of ether oxygens (including phenoxy) is 2. The van der Waals surface area contributed by atoms with Crippen LogP contribution in [0.25, 0.3) is 0 Å². The quantitative estimate of drug-likeness (QED) is 0.0654. The van der Waals surface area contributed by atoms with Gasteiger partial charge in [0.15, 0.2) is 8.32 Å². The van der Waals surface area contributed by atoms with Crippen LogP contribution in [0.2, 0.25) is 18.1 Å². The zero-order chi connectivity index (χ0) is 41.0. The van der Waals surface area contributed by atoms with Crippen LogP contribution in [-0.4, -0.2) is 52.7 Å². The molecule has 1 N–H and O–H groups in total. The fourth-order valence-corrected chi connectivity index (χ4v) is 8.70. The van der Waals surface area contributed by atoms with Gasteiger partial charge in [0.25, 0.3) is 0 Å². The zero-order valence-electron chi connectivity index (χ0n) is 35.5. The monoisotopic (exact) mass is 790 g/mol. The van der Waals surface area contributed by atoms with E-state index in [0.717, 1.165) is 30.9 Å². The number of hydrogen-bond donors (Lipinski definition) is 1. The highest BCUT2D eigenvalue weighted by Crippen LogP contribution is 2.39. The minimum atomic E-state index is -2.11. The summed E-state index contributed by atoms with van der Waals surface area (Å²) in [6.45, 7) is 13.8. The molecular formula is C52H62N2O3Si. The zero-order valence-corrected chi connectivity index (χ0v) is 36.5. The number of nitrogens with one attached hydrogen (secondary N) is 1. The molecule has 6 rings (SSSR count). The Hall–Kier alpha value is -4.98. The molecule has 0 spiro atoms. The average molecular weight is 791 g/mol. The lowest BCUT2D eigenvalue weighted by Crippen LogP contribution is -2.56. The molecule has 6 heteroatoms. The predicted octanol–water partition coefficient (Wildman–Crippen LogP) is 11.3. The van der Waals surface area contributed by atoms with E-state index in [2.05, 4.69) is 214 Å². The Bertz CT molecular complexity index is 1990. The fourth-order valence-electron chi connectivity index (χ4n) is 7.66. The van der Waals surface area contributed by atoms with Gasteiger partial charge in [0, 0.05) is 31.8 Å². The highest BCUT2D eigenvalue weighted by Gasteiger charge is 2.40. The summed E-state index contributed by atoms with van der Waals surface area (Å²) in [7, 11) is 1.34. The van der Waals surface area contributed by atoms with Gasteiger partial charge in [0.1, 0.15) is 11.5 Å². The number of rotatable bonds is 19. The van der Waals surface area contributed by atoms with Gasteiger partial charge in [0.2, 0.25) is 0 Å². The van der Waals surface area contributed by atoms with Crippen molar-refractivity contribution in [1.29, 1.82) is 0 Å². The van der Waals surface area contributed by atoms with E-state index in [0.29, 0.717) is 13.2 Å². The van der Waals surface area contributed by atoms with E-state index in [9.17, 15) is 0 Å². The average Bonchev–Trinajstić information content (AvgIpc) is 3.26. The molecule has 6 aromatic rings. The normalized spacial score (nSPS) is 13.2. The summed E-state index contributed by atoms with van der Waals surface area (Å²) < 4.78 is 18.4. The van der Waals surface area contributed by atoms with Crippen molar-refractivity contribution in [3.63, 3.8) is 0 Å². The van der Waals surface area contributed by atoms with Crippen LogP contribution in [0.5, 0.6) is 11.5 Å². The van der Waals surface area contributed by atoms with Gasteiger partial charge in [-0.15, -0.1) is 0 Å². The molecule has 6 aromatic carbocycles. The highest BCUT2D eigenvalue weighted by molar-refractivity contribution is 6.74. The van der Waals surface area contributed by atoms with Crippen LogP contribution in [0.4, 0.5) is 0 Å². The van der Waals surface area contributed by atoms with Gasteiger partial charge in [0.05, 0.1) is 19.8 Å². The Morgan fingerprint density at radius 1 is 0.517 bits per heavy atom. The third kappa shape index (κ3) is 10.5. The molecule has 0 saturated heterocycles. The molecular weight excluding hydrogens is 729 g/mol. The van der Waals surface area contributed by atoms with Gasteiger partial charge in [-0.1, -0.05) is 166 Å². The molecule has 0 aliphatic rings. The first-order valence-corrected chi connectivity index (χ1v) is 23.5. The second-order valence-electron chi connectivity index (χ2n) is 16.9. The Kier molecular flexibility index (Phi) is 14.4. The third-order valence-electron chi connectivity index (χ3n) is 12.1. The molecule has 0 heterocycles. The van der Waals surface area contributed by atoms with Crippen LogP contribution < -0.4 is 14.8 Å². The van der Waals surface area contributed by atoms with E-state index in [-0.39, 0.29) is 17.1 Å². The number of nitrogens with zero attached hydrogens (tertiary/aromatic N) is 1. The Morgan fingerprint density at radius 3 is 1.31 bits per heavy atom. The maximum absolute atomic E-state index is 7.21. The fraction of sp³-hybridized carbons (Fsp3) is 0.308. The van der Waals surface area contributed by atoms with Gasteiger partial charge >= 0.3 is 0 Å². The molecule has 302 valence electrons. The summed E-state index contributed by atoms with van der Waals surface area (Å²) >= 11 is 0. The van der Waals surface area contributed by atoms with Crippen LogP contribution in [0.3, 0.4) is 0 Å². The van der Waals surface area contributed by atoms with Crippen LogP contribution in [-0.2, 0) is 29.4 Å². The summed E-state index contributed by atoms with van der Waals surface area (Å²) in [5.41, 5.74) is 6.75. The van der Waals surface area contributed by atoms with Crippen molar-refractivity contribution in [2.24, 2.45) is 0 Å². The molecule has 0 fully saturated rings. The first-order valence-electron chi connectivity index (χ1n) is 20.6. The van der Waals surface area contributed by atoms with E-state index >= 15 is 0 Å². The van der Waals surface area contributed by atoms with E-state index in [1.807, 2.05) is 0 Å². The van der Waals surface area contributed by atoms with E-state index in [4.69, 9.17) is 13.9 Å². The van der Waals surface area contributed by atoms with Crippen molar-refractivity contribution in [1.82, 2.24) is 10.2 Å². The number of hydrogen-bond acceptors (Lipinski definition) is 5. The van der Waals surface area contributed by atoms with Crippen LogP contribution in [0.15, 0.2) is 170 Å². The molecule has 0 bridgehead atoms. The standard InChI is InChI=1S/C52H62N2O3Si/c1-51(2,3)58(6,7)57-40-48(37-42-30-34-50(56-5)35-31-42)54(39-43-20-12-8-13-21-43)47(36-41-28-32-49(55-4)33-29-41)38-53-52(44-22-14-9-15-23-44,45-24-16-10-17-25-45)46-26-18-11-19-27-46/h8-35,47-48,53H,36-40H2,1-7H3/t47-,48+/m1/s1. The SMILES string of the molecule is COc1ccc(C[C@@H](CO[Si](C)(C)C(C)(C)C)N(Cc2ccccc2)[C@@H](CNC(c2ccccc2)(c2ccccc2)c2ccccc2)Cc2ccc(OC)cc2)cc1. The summed E-state index contributed by atoms with van der Waals surface area (Å²) in [4.78, 5) is 2.73. The van der Waals surface area contributed by atoms with Gasteiger partial charge in [-0.3, -0.25) is 10.2 Å². The van der Waals surface area contributed by atoms with Crippen molar-refractivity contribution < 1.29 is 13.9 Å². The molecule has 0 saturated carbocycles.